The second-order valence-electron chi connectivity index (χ2n) is 4.06. The van der Waals surface area contributed by atoms with E-state index >= 15 is 0 Å². The van der Waals surface area contributed by atoms with Gasteiger partial charge in [0.2, 0.25) is 0 Å². The van der Waals surface area contributed by atoms with E-state index < -0.39 is 0 Å². The Bertz CT molecular complexity index is 286. The fourth-order valence-electron chi connectivity index (χ4n) is 2.18. The van der Waals surface area contributed by atoms with Gasteiger partial charge in [-0.05, 0) is 48.8 Å². The predicted octanol–water partition coefficient (Wildman–Crippen LogP) is 3.12. The zero-order valence-corrected chi connectivity index (χ0v) is 7.93. The molecule has 1 aromatic rings. The molecule has 0 bridgehead atoms. The van der Waals surface area contributed by atoms with Gasteiger partial charge in [0.1, 0.15) is 0 Å². The van der Waals surface area contributed by atoms with E-state index in [0.29, 0.717) is 0 Å². The maximum Gasteiger partial charge on any atom is -0.0250 e. The van der Waals surface area contributed by atoms with Crippen molar-refractivity contribution < 1.29 is 0 Å². The zero-order valence-electron chi connectivity index (χ0n) is 7.93. The summed E-state index contributed by atoms with van der Waals surface area (Å²) in [6, 6.07) is 6.71. The fraction of sp³-hybridized carbons (Fsp3) is 0.500. The van der Waals surface area contributed by atoms with E-state index in [2.05, 4.69) is 32.0 Å². The molecule has 1 unspecified atom stereocenters. The summed E-state index contributed by atoms with van der Waals surface area (Å²) in [5.74, 6) is 0.888. The molecule has 0 saturated carbocycles. The number of fused-ring (bicyclic) bond motifs is 1. The Morgan fingerprint density at radius 1 is 1.33 bits per heavy atom. The van der Waals surface area contributed by atoms with Crippen molar-refractivity contribution in [2.24, 2.45) is 5.92 Å². The quantitative estimate of drug-likeness (QED) is 0.547. The van der Waals surface area contributed by atoms with E-state index in [0.717, 1.165) is 5.92 Å². The first kappa shape index (κ1) is 7.85. The molecule has 2 rings (SSSR count). The molecule has 0 N–H and O–H groups in total. The van der Waals surface area contributed by atoms with Gasteiger partial charge in [-0.2, -0.15) is 0 Å². The van der Waals surface area contributed by atoms with Gasteiger partial charge in [-0.25, -0.2) is 0 Å². The van der Waals surface area contributed by atoms with Gasteiger partial charge in [-0.1, -0.05) is 25.1 Å². The first-order valence-corrected chi connectivity index (χ1v) is 4.84. The lowest BCUT2D eigenvalue weighted by atomic mass is 9.83. The molecule has 0 fully saturated rings. The Hall–Kier alpha value is -0.780. The van der Waals surface area contributed by atoms with Crippen LogP contribution in [0.15, 0.2) is 18.2 Å². The third-order valence-electron chi connectivity index (χ3n) is 2.96. The second kappa shape index (κ2) is 2.93. The maximum atomic E-state index is 2.35. The molecule has 1 aliphatic carbocycles. The lowest BCUT2D eigenvalue weighted by molar-refractivity contribution is 0.500. The lowest BCUT2D eigenvalue weighted by Gasteiger charge is -2.22. The van der Waals surface area contributed by atoms with Gasteiger partial charge in [-0.3, -0.25) is 0 Å². The lowest BCUT2D eigenvalue weighted by Crippen LogP contribution is -2.12. The summed E-state index contributed by atoms with van der Waals surface area (Å²) in [4.78, 5) is 0. The topological polar surface area (TPSA) is 0 Å². The highest BCUT2D eigenvalue weighted by Gasteiger charge is 2.15. The normalized spacial score (nSPS) is 22.0. The molecule has 1 aromatic carbocycles. The van der Waals surface area contributed by atoms with E-state index in [4.69, 9.17) is 0 Å². The van der Waals surface area contributed by atoms with Crippen molar-refractivity contribution in [1.29, 1.82) is 0 Å². The molecular weight excluding hydrogens is 144 g/mol. The number of hydrogen-bond acceptors (Lipinski definition) is 0. The van der Waals surface area contributed by atoms with Crippen molar-refractivity contribution in [3.8, 4) is 0 Å². The number of hydrogen-bond donors (Lipinski definition) is 0. The Kier molecular flexibility index (Phi) is 1.92. The Morgan fingerprint density at radius 3 is 3.00 bits per heavy atom. The average Bonchev–Trinajstić information content (AvgIpc) is 2.04. The summed E-state index contributed by atoms with van der Waals surface area (Å²) in [6.07, 6.45) is 3.96. The summed E-state index contributed by atoms with van der Waals surface area (Å²) in [5.41, 5.74) is 4.70. The van der Waals surface area contributed by atoms with Crippen LogP contribution in [0.4, 0.5) is 0 Å². The molecule has 0 aliphatic heterocycles. The van der Waals surface area contributed by atoms with E-state index in [-0.39, 0.29) is 0 Å². The Balaban J connectivity index is 2.42. The van der Waals surface area contributed by atoms with Gasteiger partial charge in [-0.15, -0.1) is 0 Å². The van der Waals surface area contributed by atoms with Crippen molar-refractivity contribution in [1.82, 2.24) is 0 Å². The van der Waals surface area contributed by atoms with Crippen LogP contribution < -0.4 is 0 Å². The predicted molar refractivity (Wildman–Crippen MR) is 52.4 cm³/mol. The highest BCUT2D eigenvalue weighted by molar-refractivity contribution is 5.36. The number of rotatable bonds is 0. The van der Waals surface area contributed by atoms with Crippen molar-refractivity contribution in [2.45, 2.75) is 33.1 Å². The minimum Gasteiger partial charge on any atom is -0.0622 e. The summed E-state index contributed by atoms with van der Waals surface area (Å²) >= 11 is 0. The maximum absolute atomic E-state index is 2.35. The van der Waals surface area contributed by atoms with Crippen LogP contribution in [0.5, 0.6) is 0 Å². The molecule has 0 heteroatoms. The summed E-state index contributed by atoms with van der Waals surface area (Å²) in [5, 5.41) is 0. The molecule has 0 nitrogen and oxygen atoms in total. The molecule has 0 spiro atoms. The van der Waals surface area contributed by atoms with Crippen LogP contribution in [0.2, 0.25) is 0 Å². The average molecular weight is 160 g/mol. The van der Waals surface area contributed by atoms with Gasteiger partial charge in [0.05, 0.1) is 0 Å². The Labute approximate surface area is 74.6 Å². The van der Waals surface area contributed by atoms with Crippen LogP contribution >= 0.6 is 0 Å². The van der Waals surface area contributed by atoms with E-state index in [1.54, 1.807) is 11.1 Å². The molecule has 1 aliphatic rings. The first-order chi connectivity index (χ1) is 5.77. The van der Waals surface area contributed by atoms with Crippen LogP contribution in [-0.2, 0) is 12.8 Å². The van der Waals surface area contributed by atoms with E-state index in [9.17, 15) is 0 Å². The zero-order chi connectivity index (χ0) is 8.55. The smallest absolute Gasteiger partial charge is 0.0250 e. The Morgan fingerprint density at radius 2 is 2.17 bits per heavy atom. The highest BCUT2D eigenvalue weighted by Crippen LogP contribution is 2.27. The molecule has 0 saturated heterocycles. The van der Waals surface area contributed by atoms with Crippen molar-refractivity contribution in [3.05, 3.63) is 34.9 Å². The van der Waals surface area contributed by atoms with E-state index in [1.807, 2.05) is 0 Å². The van der Waals surface area contributed by atoms with Crippen molar-refractivity contribution in [3.63, 3.8) is 0 Å². The van der Waals surface area contributed by atoms with Crippen LogP contribution in [-0.4, -0.2) is 0 Å². The fourth-order valence-corrected chi connectivity index (χ4v) is 2.18. The minimum atomic E-state index is 0.888. The molecule has 12 heavy (non-hydrogen) atoms. The standard InChI is InChI=1S/C12H16/c1-9-6-7-12-10(2)4-3-5-11(12)8-9/h3-5,9H,6-8H2,1-2H3. The highest BCUT2D eigenvalue weighted by atomic mass is 14.2. The summed E-state index contributed by atoms with van der Waals surface area (Å²) < 4.78 is 0. The van der Waals surface area contributed by atoms with Gasteiger partial charge in [0.15, 0.2) is 0 Å². The SMILES string of the molecule is Cc1cccc2c1CCC(C)C2. The minimum absolute atomic E-state index is 0.888. The third-order valence-corrected chi connectivity index (χ3v) is 2.96. The van der Waals surface area contributed by atoms with E-state index in [1.165, 1.54) is 24.8 Å². The second-order valence-corrected chi connectivity index (χ2v) is 4.06. The largest absolute Gasteiger partial charge is 0.0622 e. The molecule has 0 aromatic heterocycles. The molecule has 0 heterocycles. The van der Waals surface area contributed by atoms with Gasteiger partial charge in [0.25, 0.3) is 0 Å². The number of benzene rings is 1. The monoisotopic (exact) mass is 160 g/mol. The molecule has 0 radical (unpaired) electrons. The molecule has 0 amide bonds. The van der Waals surface area contributed by atoms with Crippen molar-refractivity contribution in [2.75, 3.05) is 0 Å². The molecule has 1 atom stereocenters. The van der Waals surface area contributed by atoms with Gasteiger partial charge < -0.3 is 0 Å². The van der Waals surface area contributed by atoms with Crippen LogP contribution in [0.25, 0.3) is 0 Å². The number of aryl methyl sites for hydroxylation is 1. The van der Waals surface area contributed by atoms with Crippen LogP contribution in [0, 0.1) is 12.8 Å². The summed E-state index contributed by atoms with van der Waals surface area (Å²) in [6.45, 7) is 4.58. The summed E-state index contributed by atoms with van der Waals surface area (Å²) in [7, 11) is 0. The van der Waals surface area contributed by atoms with Gasteiger partial charge in [0, 0.05) is 0 Å². The first-order valence-electron chi connectivity index (χ1n) is 4.84. The molecular formula is C12H16. The van der Waals surface area contributed by atoms with Crippen LogP contribution in [0.3, 0.4) is 0 Å². The van der Waals surface area contributed by atoms with Crippen LogP contribution in [0.1, 0.15) is 30.0 Å². The van der Waals surface area contributed by atoms with Crippen molar-refractivity contribution >= 4 is 0 Å². The van der Waals surface area contributed by atoms with Gasteiger partial charge >= 0.3 is 0 Å². The third kappa shape index (κ3) is 1.26. The molecule has 64 valence electrons.